The second kappa shape index (κ2) is 11.8. The number of unbranched alkanes of at least 4 members (excludes halogenated alkanes) is 1. The predicted octanol–water partition coefficient (Wildman–Crippen LogP) is 3.18. The molecule has 0 radical (unpaired) electrons. The molecule has 0 spiro atoms. The zero-order valence-electron chi connectivity index (χ0n) is 15.2. The molecule has 28 heavy (non-hydrogen) atoms. The van der Waals surface area contributed by atoms with E-state index < -0.39 is 5.91 Å². The number of carbonyl (C=O) groups is 2. The van der Waals surface area contributed by atoms with Gasteiger partial charge in [-0.25, -0.2) is 0 Å². The van der Waals surface area contributed by atoms with E-state index in [0.717, 1.165) is 18.4 Å². The van der Waals surface area contributed by atoms with E-state index in [4.69, 9.17) is 9.94 Å². The van der Waals surface area contributed by atoms with E-state index >= 15 is 0 Å². The lowest BCUT2D eigenvalue weighted by Crippen LogP contribution is -2.22. The van der Waals surface area contributed by atoms with Crippen LogP contribution >= 0.6 is 0 Å². The topological polar surface area (TPSA) is 114 Å². The molecule has 2 aromatic rings. The highest BCUT2D eigenvalue weighted by Gasteiger charge is 2.09. The Morgan fingerprint density at radius 1 is 1.07 bits per heavy atom. The summed E-state index contributed by atoms with van der Waals surface area (Å²) in [6, 6.07) is 16.0. The van der Waals surface area contributed by atoms with Crippen molar-refractivity contribution in [3.05, 3.63) is 71.8 Å². The van der Waals surface area contributed by atoms with Gasteiger partial charge in [-0.3, -0.25) is 9.59 Å². The maximum atomic E-state index is 11.7. The molecule has 0 saturated carbocycles. The predicted molar refractivity (Wildman–Crippen MR) is 103 cm³/mol. The fourth-order valence-corrected chi connectivity index (χ4v) is 2.24. The van der Waals surface area contributed by atoms with Crippen molar-refractivity contribution in [2.75, 3.05) is 13.2 Å². The van der Waals surface area contributed by atoms with Gasteiger partial charge in [0.1, 0.15) is 5.75 Å². The fraction of sp³-hybridized carbons (Fsp3) is 0.200. The number of benzene rings is 2. The van der Waals surface area contributed by atoms with E-state index in [1.165, 1.54) is 6.08 Å². The van der Waals surface area contributed by atoms with E-state index in [1.807, 2.05) is 30.3 Å². The van der Waals surface area contributed by atoms with Gasteiger partial charge in [0.15, 0.2) is 0 Å². The number of hydrogen-bond acceptors (Lipinski definition) is 4. The Hall–Kier alpha value is -3.77. The summed E-state index contributed by atoms with van der Waals surface area (Å²) in [6.45, 7) is 1.06. The van der Waals surface area contributed by atoms with Crippen LogP contribution in [0.1, 0.15) is 28.8 Å². The molecule has 0 bridgehead atoms. The second-order valence-electron chi connectivity index (χ2n) is 5.70. The number of nitrogens with one attached hydrogen (secondary N) is 1. The van der Waals surface area contributed by atoms with Gasteiger partial charge in [0, 0.05) is 18.2 Å². The number of nitrogens with zero attached hydrogens (tertiary/aromatic N) is 3. The van der Waals surface area contributed by atoms with E-state index in [2.05, 4.69) is 20.6 Å². The molecule has 0 aromatic heterocycles. The molecule has 0 unspecified atom stereocenters. The summed E-state index contributed by atoms with van der Waals surface area (Å²) in [5, 5.41) is 16.5. The average Bonchev–Trinajstić information content (AvgIpc) is 2.74. The SMILES string of the molecule is O=C(/C=C/c1ccccc1)NCCCCOc1ccc(C(=O)N=[N+]=NO)cc1. The molecule has 8 nitrogen and oxygen atoms in total. The van der Waals surface area contributed by atoms with Crippen LogP contribution in [-0.4, -0.2) is 30.2 Å². The van der Waals surface area contributed by atoms with Crippen molar-refractivity contribution in [1.29, 1.82) is 0 Å². The Balaban J connectivity index is 1.61. The molecular weight excluding hydrogens is 360 g/mol. The molecule has 0 fully saturated rings. The molecule has 8 heteroatoms. The van der Waals surface area contributed by atoms with Crippen molar-refractivity contribution in [2.45, 2.75) is 12.8 Å². The standard InChI is InChI=1S/C20H20N4O4/c25-19(13-8-16-6-2-1-3-7-16)21-14-4-5-15-28-18-11-9-17(10-12-18)20(26)22-23-24-27/h1-3,6-13H,4-5,14-15H2,(H,21,25)/p+1/b13-8+. The fourth-order valence-electron chi connectivity index (χ4n) is 2.24. The van der Waals surface area contributed by atoms with Crippen molar-refractivity contribution in [3.8, 4) is 5.75 Å². The summed E-state index contributed by atoms with van der Waals surface area (Å²) in [7, 11) is 0. The van der Waals surface area contributed by atoms with Gasteiger partial charge >= 0.3 is 11.2 Å². The minimum absolute atomic E-state index is 0.129. The smallest absolute Gasteiger partial charge is 0.360 e. The highest BCUT2D eigenvalue weighted by molar-refractivity contribution is 5.94. The first kappa shape index (κ1) is 20.5. The van der Waals surface area contributed by atoms with Crippen LogP contribution in [0.3, 0.4) is 0 Å². The lowest BCUT2D eigenvalue weighted by Gasteiger charge is -2.06. The largest absolute Gasteiger partial charge is 0.494 e. The van der Waals surface area contributed by atoms with Crippen LogP contribution in [0.4, 0.5) is 0 Å². The lowest BCUT2D eigenvalue weighted by molar-refractivity contribution is -0.116. The number of amides is 2. The van der Waals surface area contributed by atoms with Gasteiger partial charge in [-0.05, 0) is 48.7 Å². The lowest BCUT2D eigenvalue weighted by atomic mass is 10.2. The minimum atomic E-state index is -0.610. The molecule has 0 saturated heterocycles. The molecule has 2 aromatic carbocycles. The summed E-state index contributed by atoms with van der Waals surface area (Å²) < 4.78 is 5.58. The average molecular weight is 381 g/mol. The van der Waals surface area contributed by atoms with E-state index in [1.54, 1.807) is 30.3 Å². The molecule has 0 aliphatic carbocycles. The van der Waals surface area contributed by atoms with Gasteiger partial charge in [-0.2, -0.15) is 0 Å². The molecule has 0 atom stereocenters. The quantitative estimate of drug-likeness (QED) is 0.228. The second-order valence-corrected chi connectivity index (χ2v) is 5.70. The Morgan fingerprint density at radius 2 is 1.82 bits per heavy atom. The summed E-state index contributed by atoms with van der Waals surface area (Å²) in [5.41, 5.74) is 1.29. The van der Waals surface area contributed by atoms with Gasteiger partial charge in [-0.15, -0.1) is 0 Å². The minimum Gasteiger partial charge on any atom is -0.494 e. The van der Waals surface area contributed by atoms with Crippen molar-refractivity contribution in [3.63, 3.8) is 0 Å². The number of rotatable bonds is 9. The van der Waals surface area contributed by atoms with E-state index in [9.17, 15) is 9.59 Å². The third kappa shape index (κ3) is 7.63. The Morgan fingerprint density at radius 3 is 2.54 bits per heavy atom. The van der Waals surface area contributed by atoms with Crippen LogP contribution in [0.5, 0.6) is 5.75 Å². The Kier molecular flexibility index (Phi) is 8.63. The van der Waals surface area contributed by atoms with Gasteiger partial charge in [0.05, 0.1) is 6.61 Å². The molecule has 0 aliphatic rings. The summed E-state index contributed by atoms with van der Waals surface area (Å²) >= 11 is 0. The molecule has 2 rings (SSSR count). The highest BCUT2D eigenvalue weighted by atomic mass is 16.5. The van der Waals surface area contributed by atoms with Crippen molar-refractivity contribution in [2.24, 2.45) is 10.4 Å². The number of carbonyl (C=O) groups excluding carboxylic acids is 2. The van der Waals surface area contributed by atoms with Crippen molar-refractivity contribution < 1.29 is 19.5 Å². The zero-order chi connectivity index (χ0) is 20.0. The van der Waals surface area contributed by atoms with Gasteiger partial charge < -0.3 is 15.3 Å². The number of ether oxygens (including phenoxy) is 1. The van der Waals surface area contributed by atoms with Crippen LogP contribution in [0, 0.1) is 0 Å². The third-order valence-electron chi connectivity index (χ3n) is 3.64. The molecule has 0 aliphatic heterocycles. The van der Waals surface area contributed by atoms with Crippen molar-refractivity contribution in [1.82, 2.24) is 10.2 Å². The summed E-state index contributed by atoms with van der Waals surface area (Å²) in [6.07, 6.45) is 4.85. The Bertz CT molecular complexity index is 858. The summed E-state index contributed by atoms with van der Waals surface area (Å²) in [5.74, 6) is -0.118. The van der Waals surface area contributed by atoms with Gasteiger partial charge in [0.2, 0.25) is 11.0 Å². The van der Waals surface area contributed by atoms with Gasteiger partial charge in [-0.1, -0.05) is 30.3 Å². The molecule has 0 heterocycles. The van der Waals surface area contributed by atoms with Crippen LogP contribution in [0.15, 0.2) is 71.1 Å². The molecule has 2 amide bonds. The Labute approximate surface area is 162 Å². The van der Waals surface area contributed by atoms with Crippen molar-refractivity contribution >= 4 is 17.9 Å². The van der Waals surface area contributed by atoms with Gasteiger partial charge in [0.25, 0.3) is 4.91 Å². The van der Waals surface area contributed by atoms with E-state index in [-0.39, 0.29) is 5.91 Å². The van der Waals surface area contributed by atoms with Crippen LogP contribution in [0.2, 0.25) is 0 Å². The molecule has 2 N–H and O–H groups in total. The van der Waals surface area contributed by atoms with E-state index in [0.29, 0.717) is 24.5 Å². The van der Waals surface area contributed by atoms with Crippen LogP contribution in [-0.2, 0) is 4.79 Å². The first-order chi connectivity index (χ1) is 13.7. The molecule has 144 valence electrons. The maximum absolute atomic E-state index is 11.7. The third-order valence-corrected chi connectivity index (χ3v) is 3.64. The van der Waals surface area contributed by atoms with Crippen LogP contribution in [0.25, 0.3) is 6.08 Å². The summed E-state index contributed by atoms with van der Waals surface area (Å²) in [4.78, 5) is 26.1. The zero-order valence-corrected chi connectivity index (χ0v) is 15.2. The monoisotopic (exact) mass is 381 g/mol. The maximum Gasteiger partial charge on any atom is 0.360 e. The number of hydrogen-bond donors (Lipinski definition) is 2. The normalized spacial score (nSPS) is 10.1. The highest BCUT2D eigenvalue weighted by Crippen LogP contribution is 2.13. The first-order valence-electron chi connectivity index (χ1n) is 8.72. The first-order valence-corrected chi connectivity index (χ1v) is 8.72. The molecular formula is C20H21N4O4+. The van der Waals surface area contributed by atoms with Crippen LogP contribution < -0.4 is 15.0 Å².